The molecule has 8 nitrogen and oxygen atoms in total. The van der Waals surface area contributed by atoms with E-state index < -0.39 is 12.0 Å². The van der Waals surface area contributed by atoms with Gasteiger partial charge in [0.1, 0.15) is 5.75 Å². The maximum atomic E-state index is 12.9. The van der Waals surface area contributed by atoms with Crippen LogP contribution in [0.4, 0.5) is 4.79 Å². The SMILES string of the molecule is C=CCN1CCN(CC2=C(C(=O)OCC)[C@H](c3ccccc3OC)NC(=O)N2)CC1. The average molecular weight is 415 g/mol. The van der Waals surface area contributed by atoms with Gasteiger partial charge in [0.15, 0.2) is 0 Å². The molecule has 0 spiro atoms. The third kappa shape index (κ3) is 5.01. The molecule has 30 heavy (non-hydrogen) atoms. The number of amides is 2. The molecule has 1 aromatic rings. The van der Waals surface area contributed by atoms with Crippen LogP contribution in [0.2, 0.25) is 0 Å². The summed E-state index contributed by atoms with van der Waals surface area (Å²) >= 11 is 0. The van der Waals surface area contributed by atoms with E-state index in [1.807, 2.05) is 30.3 Å². The molecule has 1 saturated heterocycles. The van der Waals surface area contributed by atoms with Crippen LogP contribution in [0.15, 0.2) is 48.2 Å². The van der Waals surface area contributed by atoms with Gasteiger partial charge in [0.2, 0.25) is 0 Å². The number of methoxy groups -OCH3 is 1. The molecule has 1 fully saturated rings. The Kier molecular flexibility index (Phi) is 7.48. The van der Waals surface area contributed by atoms with Gasteiger partial charge in [0.05, 0.1) is 25.3 Å². The number of ether oxygens (including phenoxy) is 2. The molecule has 2 amide bonds. The van der Waals surface area contributed by atoms with Crippen LogP contribution in [0.25, 0.3) is 0 Å². The number of esters is 1. The minimum absolute atomic E-state index is 0.252. The standard InChI is InChI=1S/C22H30N4O4/c1-4-10-25-11-13-26(14-12-25)15-17-19(21(27)30-5-2)20(24-22(28)23-17)16-8-6-7-9-18(16)29-3/h4,6-9,20H,1,5,10-15H2,2-3H3,(H2,23,24,28)/t20-/m0/s1. The smallest absolute Gasteiger partial charge is 0.338 e. The molecule has 2 aliphatic rings. The minimum Gasteiger partial charge on any atom is -0.496 e. The van der Waals surface area contributed by atoms with Crippen LogP contribution in [0, 0.1) is 0 Å². The fraction of sp³-hybridized carbons (Fsp3) is 0.455. The van der Waals surface area contributed by atoms with Crippen molar-refractivity contribution in [3.63, 3.8) is 0 Å². The number of carbonyl (C=O) groups is 2. The van der Waals surface area contributed by atoms with Gasteiger partial charge < -0.3 is 20.1 Å². The lowest BCUT2D eigenvalue weighted by Crippen LogP contribution is -2.51. The van der Waals surface area contributed by atoms with E-state index in [0.29, 0.717) is 29.1 Å². The second-order valence-electron chi connectivity index (χ2n) is 7.25. The van der Waals surface area contributed by atoms with E-state index in [2.05, 4.69) is 27.0 Å². The Morgan fingerprint density at radius 1 is 1.23 bits per heavy atom. The van der Waals surface area contributed by atoms with Gasteiger partial charge in [0.25, 0.3) is 0 Å². The maximum Gasteiger partial charge on any atom is 0.338 e. The summed E-state index contributed by atoms with van der Waals surface area (Å²) in [4.78, 5) is 30.0. The topological polar surface area (TPSA) is 83.1 Å². The van der Waals surface area contributed by atoms with Crippen molar-refractivity contribution >= 4 is 12.0 Å². The Labute approximate surface area is 177 Å². The zero-order valence-electron chi connectivity index (χ0n) is 17.6. The first-order chi connectivity index (χ1) is 14.6. The number of para-hydroxylation sites is 1. The Morgan fingerprint density at radius 2 is 1.93 bits per heavy atom. The summed E-state index contributed by atoms with van der Waals surface area (Å²) in [5.74, 6) is 0.157. The molecule has 0 saturated carbocycles. The lowest BCUT2D eigenvalue weighted by Gasteiger charge is -2.36. The zero-order valence-corrected chi connectivity index (χ0v) is 17.6. The van der Waals surface area contributed by atoms with Crippen LogP contribution in [0.3, 0.4) is 0 Å². The highest BCUT2D eigenvalue weighted by atomic mass is 16.5. The van der Waals surface area contributed by atoms with Crippen LogP contribution < -0.4 is 15.4 Å². The van der Waals surface area contributed by atoms with E-state index in [4.69, 9.17) is 9.47 Å². The van der Waals surface area contributed by atoms with E-state index in [1.165, 1.54) is 0 Å². The molecule has 8 heteroatoms. The molecule has 0 bridgehead atoms. The van der Waals surface area contributed by atoms with Gasteiger partial charge in [-0.25, -0.2) is 9.59 Å². The lowest BCUT2D eigenvalue weighted by atomic mass is 9.94. The van der Waals surface area contributed by atoms with Gasteiger partial charge in [-0.2, -0.15) is 0 Å². The first-order valence-electron chi connectivity index (χ1n) is 10.2. The Hall–Kier alpha value is -2.84. The van der Waals surface area contributed by atoms with Gasteiger partial charge in [-0.15, -0.1) is 6.58 Å². The van der Waals surface area contributed by atoms with Crippen molar-refractivity contribution in [2.24, 2.45) is 0 Å². The number of nitrogens with zero attached hydrogens (tertiary/aromatic N) is 2. The van der Waals surface area contributed by atoms with E-state index in [0.717, 1.165) is 32.7 Å². The number of piperazine rings is 1. The number of hydrogen-bond acceptors (Lipinski definition) is 6. The van der Waals surface area contributed by atoms with Crippen molar-refractivity contribution in [1.82, 2.24) is 20.4 Å². The molecule has 2 heterocycles. The number of hydrogen-bond donors (Lipinski definition) is 2. The van der Waals surface area contributed by atoms with Crippen LogP contribution in [0.1, 0.15) is 18.5 Å². The van der Waals surface area contributed by atoms with Crippen LogP contribution >= 0.6 is 0 Å². The van der Waals surface area contributed by atoms with Crippen molar-refractivity contribution in [3.05, 3.63) is 53.8 Å². The molecular formula is C22H30N4O4. The van der Waals surface area contributed by atoms with Crippen molar-refractivity contribution in [3.8, 4) is 5.75 Å². The van der Waals surface area contributed by atoms with Gasteiger partial charge in [-0.3, -0.25) is 9.80 Å². The molecule has 0 radical (unpaired) electrons. The first kappa shape index (κ1) is 21.9. The van der Waals surface area contributed by atoms with Gasteiger partial charge in [-0.1, -0.05) is 24.3 Å². The second kappa shape index (κ2) is 10.3. The monoisotopic (exact) mass is 414 g/mol. The van der Waals surface area contributed by atoms with Gasteiger partial charge >= 0.3 is 12.0 Å². The Morgan fingerprint density at radius 3 is 2.60 bits per heavy atom. The molecule has 2 N–H and O–H groups in total. The van der Waals surface area contributed by atoms with Crippen LogP contribution in [0.5, 0.6) is 5.75 Å². The van der Waals surface area contributed by atoms with Crippen LogP contribution in [-0.4, -0.2) is 74.8 Å². The fourth-order valence-electron chi connectivity index (χ4n) is 3.87. The Balaban J connectivity index is 1.92. The predicted octanol–water partition coefficient (Wildman–Crippen LogP) is 1.67. The minimum atomic E-state index is -0.647. The van der Waals surface area contributed by atoms with Crippen molar-refractivity contribution in [2.45, 2.75) is 13.0 Å². The lowest BCUT2D eigenvalue weighted by molar-refractivity contribution is -0.139. The van der Waals surface area contributed by atoms with E-state index >= 15 is 0 Å². The fourth-order valence-corrected chi connectivity index (χ4v) is 3.87. The average Bonchev–Trinajstić information content (AvgIpc) is 2.75. The van der Waals surface area contributed by atoms with Crippen molar-refractivity contribution < 1.29 is 19.1 Å². The zero-order chi connectivity index (χ0) is 21.5. The summed E-state index contributed by atoms with van der Waals surface area (Å²) in [6.45, 7) is 10.7. The van der Waals surface area contributed by atoms with E-state index in [9.17, 15) is 9.59 Å². The second-order valence-corrected chi connectivity index (χ2v) is 7.25. The predicted molar refractivity (Wildman–Crippen MR) is 114 cm³/mol. The molecule has 1 aromatic carbocycles. The van der Waals surface area contributed by atoms with Crippen molar-refractivity contribution in [1.29, 1.82) is 0 Å². The molecule has 0 aliphatic carbocycles. The summed E-state index contributed by atoms with van der Waals surface area (Å²) in [5.41, 5.74) is 1.70. The molecule has 3 rings (SSSR count). The molecule has 162 valence electrons. The first-order valence-corrected chi connectivity index (χ1v) is 10.2. The summed E-state index contributed by atoms with van der Waals surface area (Å²) in [7, 11) is 1.57. The number of benzene rings is 1. The summed E-state index contributed by atoms with van der Waals surface area (Å²) < 4.78 is 10.8. The highest BCUT2D eigenvalue weighted by Gasteiger charge is 2.36. The van der Waals surface area contributed by atoms with Crippen molar-refractivity contribution in [2.75, 3.05) is 53.0 Å². The maximum absolute atomic E-state index is 12.9. The largest absolute Gasteiger partial charge is 0.496 e. The summed E-state index contributed by atoms with van der Waals surface area (Å²) in [6.07, 6.45) is 1.90. The summed E-state index contributed by atoms with van der Waals surface area (Å²) in [6, 6.07) is 6.37. The number of rotatable bonds is 8. The number of urea groups is 1. The highest BCUT2D eigenvalue weighted by molar-refractivity contribution is 5.95. The molecule has 0 unspecified atom stereocenters. The third-order valence-electron chi connectivity index (χ3n) is 5.33. The quantitative estimate of drug-likeness (QED) is 0.497. The van der Waals surface area contributed by atoms with Crippen LogP contribution in [-0.2, 0) is 9.53 Å². The van der Waals surface area contributed by atoms with Gasteiger partial charge in [0, 0.05) is 50.5 Å². The highest BCUT2D eigenvalue weighted by Crippen LogP contribution is 2.33. The normalized spacial score (nSPS) is 20.3. The van der Waals surface area contributed by atoms with E-state index in [1.54, 1.807) is 14.0 Å². The van der Waals surface area contributed by atoms with E-state index in [-0.39, 0.29) is 12.6 Å². The number of nitrogens with one attached hydrogen (secondary N) is 2. The summed E-state index contributed by atoms with van der Waals surface area (Å²) in [5, 5.41) is 5.70. The molecule has 0 aromatic heterocycles. The Bertz CT molecular complexity index is 815. The third-order valence-corrected chi connectivity index (χ3v) is 5.33. The number of carbonyl (C=O) groups excluding carboxylic acids is 2. The molecular weight excluding hydrogens is 384 g/mol. The molecule has 2 aliphatic heterocycles. The molecule has 1 atom stereocenters. The van der Waals surface area contributed by atoms with Gasteiger partial charge in [-0.05, 0) is 13.0 Å².